The highest BCUT2D eigenvalue weighted by atomic mass is 19.4. The van der Waals surface area contributed by atoms with Crippen LogP contribution in [0.2, 0.25) is 0 Å². The number of rotatable bonds is 5. The zero-order valence-corrected chi connectivity index (χ0v) is 13.3. The maximum Gasteiger partial charge on any atom is 0.460 e. The van der Waals surface area contributed by atoms with Gasteiger partial charge in [0.2, 0.25) is 0 Å². The summed E-state index contributed by atoms with van der Waals surface area (Å²) in [5.74, 6) is -28.5. The van der Waals surface area contributed by atoms with Crippen LogP contribution in [0.5, 0.6) is 0 Å². The minimum absolute atomic E-state index is 0.0538. The van der Waals surface area contributed by atoms with Crippen LogP contribution in [0.1, 0.15) is 5.69 Å². The molecule has 0 saturated heterocycles. The minimum Gasteiger partial charge on any atom is -0.258 e. The Morgan fingerprint density at radius 1 is 0.759 bits per heavy atom. The van der Waals surface area contributed by atoms with Gasteiger partial charge in [-0.3, -0.25) is 10.1 Å². The first kappa shape index (κ1) is 22.5. The number of halogens is 11. The first-order valence-corrected chi connectivity index (χ1v) is 7.01. The van der Waals surface area contributed by atoms with Gasteiger partial charge in [0.25, 0.3) is 5.69 Å². The Morgan fingerprint density at radius 2 is 1.31 bits per heavy atom. The molecule has 0 saturated carbocycles. The lowest BCUT2D eigenvalue weighted by molar-refractivity contribution is -0.425. The summed E-state index contributed by atoms with van der Waals surface area (Å²) >= 11 is 0. The number of hydrogen-bond donors (Lipinski definition) is 0. The number of nitro benzene ring substituents is 1. The maximum atomic E-state index is 14.0. The van der Waals surface area contributed by atoms with Crippen LogP contribution in [0.4, 0.5) is 54.0 Å². The largest absolute Gasteiger partial charge is 0.460 e. The molecule has 2 rings (SSSR count). The van der Waals surface area contributed by atoms with Gasteiger partial charge in [0.1, 0.15) is 5.69 Å². The molecule has 0 amide bonds. The van der Waals surface area contributed by atoms with Crippen molar-refractivity contribution in [1.82, 2.24) is 4.98 Å². The van der Waals surface area contributed by atoms with Gasteiger partial charge in [-0.25, -0.2) is 4.98 Å². The number of nitrogens with zero attached hydrogens (tertiary/aromatic N) is 2. The second-order valence-electron chi connectivity index (χ2n) is 5.63. The van der Waals surface area contributed by atoms with Crippen LogP contribution in [0.25, 0.3) is 10.9 Å². The lowest BCUT2D eigenvalue weighted by atomic mass is 9.95. The smallest absolute Gasteiger partial charge is 0.258 e. The normalized spacial score (nSPS) is 14.3. The van der Waals surface area contributed by atoms with Gasteiger partial charge in [0.05, 0.1) is 10.4 Å². The fraction of sp³-hybridized carbons (Fsp3) is 0.357. The SMILES string of the molecule is O=[N+]([O-])c1ccc2nc(C(F)(F)C(F)(F)C(F)(F)C(F)(F)C(F)(F)F)ccc2c1. The highest BCUT2D eigenvalue weighted by molar-refractivity contribution is 5.81. The quantitative estimate of drug-likeness (QED) is 0.339. The average molecular weight is 442 g/mol. The number of hydrogen-bond acceptors (Lipinski definition) is 3. The molecule has 0 radical (unpaired) electrons. The van der Waals surface area contributed by atoms with Gasteiger partial charge in [-0.1, -0.05) is 6.07 Å². The standard InChI is InChI=1S/C14H5F11N2O2/c15-10(16,11(17,18)12(19,20)13(21,22)14(23,24)25)9-4-1-6-5-7(27(28)29)2-3-8(6)26-9/h1-5H. The van der Waals surface area contributed by atoms with Crippen molar-refractivity contribution in [2.24, 2.45) is 0 Å². The van der Waals surface area contributed by atoms with Crippen molar-refractivity contribution >= 4 is 16.6 Å². The molecular formula is C14H5F11N2O2. The molecular weight excluding hydrogens is 437 g/mol. The first-order chi connectivity index (χ1) is 12.9. The van der Waals surface area contributed by atoms with Gasteiger partial charge in [0.15, 0.2) is 0 Å². The molecule has 0 unspecified atom stereocenters. The van der Waals surface area contributed by atoms with Crippen LogP contribution in [-0.2, 0) is 5.92 Å². The van der Waals surface area contributed by atoms with E-state index in [4.69, 9.17) is 0 Å². The lowest BCUT2D eigenvalue weighted by Gasteiger charge is -2.37. The van der Waals surface area contributed by atoms with Crippen molar-refractivity contribution in [3.63, 3.8) is 0 Å². The van der Waals surface area contributed by atoms with E-state index in [-0.39, 0.29) is 11.5 Å². The third-order valence-electron chi connectivity index (χ3n) is 3.74. The zero-order chi connectivity index (χ0) is 22.6. The van der Waals surface area contributed by atoms with Crippen molar-refractivity contribution in [3.8, 4) is 0 Å². The summed E-state index contributed by atoms with van der Waals surface area (Å²) in [5, 5.41) is 10.3. The van der Waals surface area contributed by atoms with Crippen LogP contribution in [0.3, 0.4) is 0 Å². The molecule has 160 valence electrons. The fourth-order valence-corrected chi connectivity index (χ4v) is 2.13. The summed E-state index contributed by atoms with van der Waals surface area (Å²) < 4.78 is 144. The number of alkyl halides is 11. The molecule has 2 aromatic rings. The topological polar surface area (TPSA) is 56.0 Å². The van der Waals surface area contributed by atoms with Gasteiger partial charge in [-0.05, 0) is 12.1 Å². The summed E-state index contributed by atoms with van der Waals surface area (Å²) in [7, 11) is 0. The van der Waals surface area contributed by atoms with Gasteiger partial charge in [0, 0.05) is 17.5 Å². The molecule has 0 aliphatic heterocycles. The minimum atomic E-state index is -7.55. The van der Waals surface area contributed by atoms with Crippen LogP contribution >= 0.6 is 0 Å². The van der Waals surface area contributed by atoms with E-state index in [0.717, 1.165) is 6.07 Å². The van der Waals surface area contributed by atoms with Gasteiger partial charge in [-0.2, -0.15) is 48.3 Å². The Balaban J connectivity index is 2.60. The number of pyridine rings is 1. The summed E-state index contributed by atoms with van der Waals surface area (Å²) in [5.41, 5.74) is -3.50. The number of aromatic nitrogens is 1. The Labute approximate surface area is 152 Å². The molecule has 1 aromatic carbocycles. The molecule has 0 fully saturated rings. The average Bonchev–Trinajstić information content (AvgIpc) is 2.59. The molecule has 0 bridgehead atoms. The van der Waals surface area contributed by atoms with E-state index < -0.39 is 51.7 Å². The molecule has 29 heavy (non-hydrogen) atoms. The van der Waals surface area contributed by atoms with E-state index in [1.807, 2.05) is 0 Å². The molecule has 0 N–H and O–H groups in total. The van der Waals surface area contributed by atoms with Crippen LogP contribution in [0, 0.1) is 10.1 Å². The first-order valence-electron chi connectivity index (χ1n) is 7.01. The fourth-order valence-electron chi connectivity index (χ4n) is 2.13. The highest BCUT2D eigenvalue weighted by Crippen LogP contribution is 2.59. The molecule has 0 spiro atoms. The third-order valence-corrected chi connectivity index (χ3v) is 3.74. The number of non-ortho nitro benzene ring substituents is 1. The van der Waals surface area contributed by atoms with E-state index in [1.54, 1.807) is 0 Å². The van der Waals surface area contributed by atoms with Crippen LogP contribution in [0.15, 0.2) is 30.3 Å². The van der Waals surface area contributed by atoms with E-state index in [1.165, 1.54) is 0 Å². The van der Waals surface area contributed by atoms with Crippen molar-refractivity contribution < 1.29 is 53.2 Å². The Bertz CT molecular complexity index is 956. The predicted molar refractivity (Wildman–Crippen MR) is 73.2 cm³/mol. The molecule has 0 aliphatic rings. The molecule has 0 atom stereocenters. The number of benzene rings is 1. The summed E-state index contributed by atoms with van der Waals surface area (Å²) in [6.07, 6.45) is -7.26. The number of nitro groups is 1. The van der Waals surface area contributed by atoms with Gasteiger partial charge < -0.3 is 0 Å². The van der Waals surface area contributed by atoms with Crippen molar-refractivity contribution in [2.45, 2.75) is 29.9 Å². The molecule has 15 heteroatoms. The summed E-state index contributed by atoms with van der Waals surface area (Å²) in [6.45, 7) is 0. The zero-order valence-electron chi connectivity index (χ0n) is 13.3. The molecule has 1 heterocycles. The predicted octanol–water partition coefficient (Wildman–Crippen LogP) is 5.70. The Kier molecular flexibility index (Phi) is 4.96. The Hall–Kier alpha value is -2.74. The van der Waals surface area contributed by atoms with E-state index in [9.17, 15) is 58.4 Å². The monoisotopic (exact) mass is 442 g/mol. The van der Waals surface area contributed by atoms with E-state index >= 15 is 0 Å². The van der Waals surface area contributed by atoms with Crippen molar-refractivity contribution in [1.29, 1.82) is 0 Å². The van der Waals surface area contributed by atoms with E-state index in [0.29, 0.717) is 18.2 Å². The third kappa shape index (κ3) is 3.21. The second-order valence-corrected chi connectivity index (χ2v) is 5.63. The maximum absolute atomic E-state index is 14.0. The van der Waals surface area contributed by atoms with Crippen molar-refractivity contribution in [2.75, 3.05) is 0 Å². The van der Waals surface area contributed by atoms with Crippen LogP contribution < -0.4 is 0 Å². The highest BCUT2D eigenvalue weighted by Gasteiger charge is 2.87. The second kappa shape index (κ2) is 6.38. The van der Waals surface area contributed by atoms with Gasteiger partial charge in [-0.15, -0.1) is 0 Å². The lowest BCUT2D eigenvalue weighted by Crippen LogP contribution is -2.65. The van der Waals surface area contributed by atoms with Crippen molar-refractivity contribution in [3.05, 3.63) is 46.1 Å². The summed E-state index contributed by atoms with van der Waals surface area (Å²) in [4.78, 5) is 12.5. The molecule has 4 nitrogen and oxygen atoms in total. The molecule has 1 aromatic heterocycles. The van der Waals surface area contributed by atoms with Gasteiger partial charge >= 0.3 is 29.9 Å². The van der Waals surface area contributed by atoms with Crippen LogP contribution in [-0.4, -0.2) is 33.9 Å². The van der Waals surface area contributed by atoms with E-state index in [2.05, 4.69) is 4.98 Å². The Morgan fingerprint density at radius 3 is 1.79 bits per heavy atom. The summed E-state index contributed by atoms with van der Waals surface area (Å²) in [6, 6.07) is 2.53. The molecule has 0 aliphatic carbocycles. The number of fused-ring (bicyclic) bond motifs is 1.